The second-order valence-corrected chi connectivity index (χ2v) is 3.94. The zero-order valence-corrected chi connectivity index (χ0v) is 10.2. The zero-order valence-electron chi connectivity index (χ0n) is 10.2. The molecule has 1 rings (SSSR count). The van der Waals surface area contributed by atoms with Crippen molar-refractivity contribution in [3.8, 4) is 5.75 Å². The van der Waals surface area contributed by atoms with Gasteiger partial charge in [0.25, 0.3) is 5.91 Å². The van der Waals surface area contributed by atoms with Crippen molar-refractivity contribution in [1.29, 1.82) is 0 Å². The van der Waals surface area contributed by atoms with Crippen LogP contribution in [0.3, 0.4) is 0 Å². The van der Waals surface area contributed by atoms with Crippen LogP contribution in [0.1, 0.15) is 43.5 Å². The third-order valence-electron chi connectivity index (χ3n) is 2.37. The maximum absolute atomic E-state index is 11.6. The number of phenols is 1. The number of hydrazone groups is 1. The van der Waals surface area contributed by atoms with E-state index in [1.807, 2.05) is 6.92 Å². The monoisotopic (exact) mass is 234 g/mol. The van der Waals surface area contributed by atoms with E-state index < -0.39 is 0 Å². The highest BCUT2D eigenvalue weighted by Gasteiger charge is 2.03. The summed E-state index contributed by atoms with van der Waals surface area (Å²) in [6.45, 7) is 4.01. The number of nitrogens with one attached hydrogen (secondary N) is 1. The summed E-state index contributed by atoms with van der Waals surface area (Å²) in [5, 5.41) is 13.1. The van der Waals surface area contributed by atoms with Crippen LogP contribution in [0.2, 0.25) is 0 Å². The average molecular weight is 234 g/mol. The summed E-state index contributed by atoms with van der Waals surface area (Å²) in [7, 11) is 0. The zero-order chi connectivity index (χ0) is 12.7. The highest BCUT2D eigenvalue weighted by atomic mass is 16.3. The van der Waals surface area contributed by atoms with Crippen LogP contribution in [0.5, 0.6) is 5.75 Å². The maximum atomic E-state index is 11.6. The molecule has 0 heterocycles. The van der Waals surface area contributed by atoms with E-state index in [0.717, 1.165) is 25.0 Å². The second kappa shape index (κ2) is 6.68. The Morgan fingerprint density at radius 3 is 2.59 bits per heavy atom. The van der Waals surface area contributed by atoms with Crippen LogP contribution in [0.15, 0.2) is 29.4 Å². The van der Waals surface area contributed by atoms with E-state index in [4.69, 9.17) is 5.11 Å². The molecule has 92 valence electrons. The van der Waals surface area contributed by atoms with Crippen molar-refractivity contribution >= 4 is 11.6 Å². The molecule has 1 amide bonds. The van der Waals surface area contributed by atoms with Crippen LogP contribution < -0.4 is 5.43 Å². The molecule has 4 heteroatoms. The lowest BCUT2D eigenvalue weighted by Crippen LogP contribution is -2.18. The van der Waals surface area contributed by atoms with Gasteiger partial charge in [-0.15, -0.1) is 0 Å². The van der Waals surface area contributed by atoms with Crippen molar-refractivity contribution in [3.05, 3.63) is 29.8 Å². The van der Waals surface area contributed by atoms with Crippen LogP contribution >= 0.6 is 0 Å². The molecule has 0 spiro atoms. The van der Waals surface area contributed by atoms with Crippen molar-refractivity contribution < 1.29 is 9.90 Å². The molecule has 2 N–H and O–H groups in total. The lowest BCUT2D eigenvalue weighted by atomic mass is 10.2. The minimum absolute atomic E-state index is 0.143. The van der Waals surface area contributed by atoms with Gasteiger partial charge in [-0.1, -0.05) is 13.3 Å². The van der Waals surface area contributed by atoms with Gasteiger partial charge in [0.15, 0.2) is 0 Å². The molecule has 4 nitrogen and oxygen atoms in total. The number of carbonyl (C=O) groups excluding carboxylic acids is 1. The van der Waals surface area contributed by atoms with E-state index in [-0.39, 0.29) is 11.7 Å². The quantitative estimate of drug-likeness (QED) is 0.607. The first-order chi connectivity index (χ1) is 8.13. The van der Waals surface area contributed by atoms with Gasteiger partial charge in [-0.05, 0) is 44.0 Å². The van der Waals surface area contributed by atoms with E-state index in [2.05, 4.69) is 17.5 Å². The molecule has 0 saturated carbocycles. The van der Waals surface area contributed by atoms with Gasteiger partial charge >= 0.3 is 0 Å². The maximum Gasteiger partial charge on any atom is 0.271 e. The van der Waals surface area contributed by atoms with Gasteiger partial charge in [0.05, 0.1) is 0 Å². The molecule has 0 aliphatic carbocycles. The fourth-order valence-electron chi connectivity index (χ4n) is 1.31. The van der Waals surface area contributed by atoms with E-state index in [9.17, 15) is 4.79 Å². The minimum atomic E-state index is -0.263. The summed E-state index contributed by atoms with van der Waals surface area (Å²) in [6.07, 6.45) is 3.08. The first kappa shape index (κ1) is 13.2. The first-order valence-electron chi connectivity index (χ1n) is 5.76. The van der Waals surface area contributed by atoms with Crippen molar-refractivity contribution in [2.75, 3.05) is 0 Å². The fraction of sp³-hybridized carbons (Fsp3) is 0.385. The van der Waals surface area contributed by atoms with E-state index in [1.54, 1.807) is 12.1 Å². The van der Waals surface area contributed by atoms with Crippen LogP contribution in [0.4, 0.5) is 0 Å². The molecule has 0 fully saturated rings. The third kappa shape index (κ3) is 4.68. The predicted octanol–water partition coefficient (Wildman–Crippen LogP) is 2.69. The summed E-state index contributed by atoms with van der Waals surface area (Å²) in [5.74, 6) is -0.120. The van der Waals surface area contributed by atoms with Gasteiger partial charge in [-0.2, -0.15) is 5.10 Å². The first-order valence-corrected chi connectivity index (χ1v) is 5.76. The normalized spacial score (nSPS) is 11.3. The lowest BCUT2D eigenvalue weighted by Gasteiger charge is -2.02. The smallest absolute Gasteiger partial charge is 0.271 e. The Kier molecular flexibility index (Phi) is 5.20. The van der Waals surface area contributed by atoms with E-state index in [0.29, 0.717) is 5.56 Å². The largest absolute Gasteiger partial charge is 0.508 e. The van der Waals surface area contributed by atoms with Crippen LogP contribution in [-0.2, 0) is 0 Å². The summed E-state index contributed by atoms with van der Waals surface area (Å²) in [5.41, 5.74) is 3.89. The Morgan fingerprint density at radius 1 is 1.35 bits per heavy atom. The van der Waals surface area contributed by atoms with Crippen molar-refractivity contribution in [2.24, 2.45) is 5.10 Å². The minimum Gasteiger partial charge on any atom is -0.508 e. The summed E-state index contributed by atoms with van der Waals surface area (Å²) < 4.78 is 0. The summed E-state index contributed by atoms with van der Waals surface area (Å²) in [6, 6.07) is 6.06. The number of amides is 1. The fourth-order valence-corrected chi connectivity index (χ4v) is 1.31. The van der Waals surface area contributed by atoms with Crippen LogP contribution in [-0.4, -0.2) is 16.7 Å². The van der Waals surface area contributed by atoms with E-state index >= 15 is 0 Å². The topological polar surface area (TPSA) is 61.7 Å². The Hall–Kier alpha value is -1.84. The predicted molar refractivity (Wildman–Crippen MR) is 68.2 cm³/mol. The van der Waals surface area contributed by atoms with Crippen molar-refractivity contribution in [2.45, 2.75) is 33.1 Å². The molecule has 0 unspecified atom stereocenters. The van der Waals surface area contributed by atoms with Gasteiger partial charge in [-0.25, -0.2) is 5.43 Å². The van der Waals surface area contributed by atoms with Gasteiger partial charge < -0.3 is 5.11 Å². The number of unbranched alkanes of at least 4 members (excludes halogenated alkanes) is 1. The molecule has 0 radical (unpaired) electrons. The number of rotatable bonds is 5. The highest BCUT2D eigenvalue weighted by Crippen LogP contribution is 2.09. The molecule has 0 bridgehead atoms. The van der Waals surface area contributed by atoms with Crippen LogP contribution in [0.25, 0.3) is 0 Å². The number of nitrogens with zero attached hydrogens (tertiary/aromatic N) is 1. The Balaban J connectivity index is 2.52. The van der Waals surface area contributed by atoms with Crippen molar-refractivity contribution in [1.82, 2.24) is 5.43 Å². The molecule has 17 heavy (non-hydrogen) atoms. The second-order valence-electron chi connectivity index (χ2n) is 3.94. The summed E-state index contributed by atoms with van der Waals surface area (Å²) >= 11 is 0. The molecule has 1 aromatic rings. The molecular formula is C13H18N2O2. The summed E-state index contributed by atoms with van der Waals surface area (Å²) in [4.78, 5) is 11.6. The molecular weight excluding hydrogens is 216 g/mol. The Morgan fingerprint density at radius 2 is 2.00 bits per heavy atom. The number of carbonyl (C=O) groups is 1. The van der Waals surface area contributed by atoms with Crippen LogP contribution in [0, 0.1) is 0 Å². The molecule has 0 aromatic heterocycles. The standard InChI is InChI=1S/C13H18N2O2/c1-3-4-5-10(2)14-15-13(17)11-6-8-12(16)9-7-11/h6-9,16H,3-5H2,1-2H3,(H,15,17)/b14-10+. The molecule has 0 saturated heterocycles. The van der Waals surface area contributed by atoms with Gasteiger partial charge in [0.2, 0.25) is 0 Å². The average Bonchev–Trinajstić information content (AvgIpc) is 2.34. The lowest BCUT2D eigenvalue weighted by molar-refractivity contribution is 0.0954. The third-order valence-corrected chi connectivity index (χ3v) is 2.37. The number of phenolic OH excluding ortho intramolecular Hbond substituents is 1. The number of benzene rings is 1. The van der Waals surface area contributed by atoms with Crippen molar-refractivity contribution in [3.63, 3.8) is 0 Å². The molecule has 0 atom stereocenters. The van der Waals surface area contributed by atoms with Gasteiger partial charge in [0.1, 0.15) is 5.75 Å². The molecule has 0 aliphatic heterocycles. The van der Waals surface area contributed by atoms with Gasteiger partial charge in [0, 0.05) is 11.3 Å². The van der Waals surface area contributed by atoms with E-state index in [1.165, 1.54) is 12.1 Å². The highest BCUT2D eigenvalue weighted by molar-refractivity contribution is 5.95. The van der Waals surface area contributed by atoms with Gasteiger partial charge in [-0.3, -0.25) is 4.79 Å². The number of aromatic hydroxyl groups is 1. The Labute approximate surface area is 101 Å². The molecule has 1 aromatic carbocycles. The SMILES string of the molecule is CCCC/C(C)=N/NC(=O)c1ccc(O)cc1. The number of hydrogen-bond donors (Lipinski definition) is 2. The molecule has 0 aliphatic rings. The Bertz CT molecular complexity index is 396. The number of hydrogen-bond acceptors (Lipinski definition) is 3.